The predicted octanol–water partition coefficient (Wildman–Crippen LogP) is 6.05. The lowest BCUT2D eigenvalue weighted by atomic mass is 9.77. The molecule has 1 aromatic heterocycles. The summed E-state index contributed by atoms with van der Waals surface area (Å²) >= 11 is 0. The number of Topliss-reactive ketones (excluding diaryl/α,β-unsaturated/α-hetero) is 3. The van der Waals surface area contributed by atoms with Crippen LogP contribution in [0.4, 0.5) is 0 Å². The molecule has 17 heteroatoms. The Kier molecular flexibility index (Phi) is 20.8. The second kappa shape index (κ2) is 25.7. The molecule has 2 saturated heterocycles. The van der Waals surface area contributed by atoms with Crippen LogP contribution in [0.25, 0.3) is 0 Å². The van der Waals surface area contributed by atoms with Crippen molar-refractivity contribution in [2.75, 3.05) is 27.9 Å². The molecule has 5 rings (SSSR count). The lowest BCUT2D eigenvalue weighted by Crippen LogP contribution is -2.61. The zero-order valence-corrected chi connectivity index (χ0v) is 42.5. The number of carbonyl (C=O) groups excluding carboxylic acids is 5. The van der Waals surface area contributed by atoms with Gasteiger partial charge in [-0.05, 0) is 112 Å². The lowest BCUT2D eigenvalue weighted by molar-refractivity contribution is -0.265. The summed E-state index contributed by atoms with van der Waals surface area (Å²) in [7, 11) is 4.61. The highest BCUT2D eigenvalue weighted by Crippen LogP contribution is 2.39. The first-order chi connectivity index (χ1) is 32.8. The van der Waals surface area contributed by atoms with Crippen molar-refractivity contribution in [1.82, 2.24) is 25.1 Å². The predicted molar refractivity (Wildman–Crippen MR) is 256 cm³/mol. The Morgan fingerprint density at radius 1 is 0.884 bits per heavy atom. The number of allylic oxidation sites excluding steroid dienone is 6. The summed E-state index contributed by atoms with van der Waals surface area (Å²) in [5.41, 5.74) is 1.27. The number of amides is 1. The highest BCUT2D eigenvalue weighted by atomic mass is 16.6. The van der Waals surface area contributed by atoms with E-state index in [9.17, 15) is 34.2 Å². The molecule has 4 aliphatic rings. The van der Waals surface area contributed by atoms with Gasteiger partial charge < -0.3 is 38.8 Å². The first kappa shape index (κ1) is 55.7. The van der Waals surface area contributed by atoms with Crippen molar-refractivity contribution in [2.45, 2.75) is 180 Å². The second-order valence-corrected chi connectivity index (χ2v) is 20.3. The van der Waals surface area contributed by atoms with Crippen molar-refractivity contribution in [1.29, 1.82) is 0 Å². The number of tetrazole rings is 1. The van der Waals surface area contributed by atoms with Crippen LogP contribution in [0.2, 0.25) is 0 Å². The van der Waals surface area contributed by atoms with Crippen molar-refractivity contribution >= 4 is 29.2 Å². The van der Waals surface area contributed by atoms with Crippen LogP contribution in [0.15, 0.2) is 53.9 Å². The number of carbonyl (C=O) groups is 5. The van der Waals surface area contributed by atoms with Crippen LogP contribution in [-0.2, 0) is 47.7 Å². The first-order valence-electron chi connectivity index (χ1n) is 25.0. The van der Waals surface area contributed by atoms with Gasteiger partial charge in [0.05, 0.1) is 24.4 Å². The highest BCUT2D eigenvalue weighted by Gasteiger charge is 2.53. The van der Waals surface area contributed by atoms with Crippen LogP contribution in [-0.4, -0.2) is 141 Å². The zero-order valence-electron chi connectivity index (χ0n) is 42.5. The Morgan fingerprint density at radius 3 is 2.32 bits per heavy atom. The summed E-state index contributed by atoms with van der Waals surface area (Å²) in [6.45, 7) is 12.8. The number of aromatic nitrogens is 4. The summed E-state index contributed by atoms with van der Waals surface area (Å²) in [6.07, 6.45) is 13.7. The van der Waals surface area contributed by atoms with Crippen LogP contribution in [0, 0.1) is 35.5 Å². The molecule has 2 bridgehead atoms. The summed E-state index contributed by atoms with van der Waals surface area (Å²) < 4.78 is 29.9. The van der Waals surface area contributed by atoms with Gasteiger partial charge in [0, 0.05) is 58.5 Å². The van der Waals surface area contributed by atoms with E-state index in [4.69, 9.17) is 23.7 Å². The Balaban J connectivity index is 1.46. The van der Waals surface area contributed by atoms with Gasteiger partial charge in [-0.15, -0.1) is 10.2 Å². The van der Waals surface area contributed by atoms with E-state index in [1.165, 1.54) is 18.3 Å². The number of rotatable bonds is 7. The lowest BCUT2D eigenvalue weighted by Gasteiger charge is -2.42. The first-order valence-corrected chi connectivity index (χ1v) is 25.0. The molecule has 3 aliphatic heterocycles. The van der Waals surface area contributed by atoms with Gasteiger partial charge in [-0.1, -0.05) is 71.1 Å². The number of cyclic esters (lactones) is 1. The number of aliphatic hydroxyl groups is 2. The van der Waals surface area contributed by atoms with E-state index in [-0.39, 0.29) is 60.9 Å². The topological polar surface area (TPSA) is 219 Å². The third-order valence-electron chi connectivity index (χ3n) is 15.1. The normalized spacial score (nSPS) is 38.8. The molecule has 17 nitrogen and oxygen atoms in total. The fraction of sp³-hybridized carbons (Fsp3) is 0.731. The monoisotopic (exact) mass is 966 g/mol. The Hall–Kier alpha value is -4.26. The standard InChI is InChI=1S/C52H79N5O12/c1-31-16-12-11-13-17-32(2)43(65-8)28-39-21-19-37(7)52(64,69-39)49(61)50(62)56-23-15-14-18-41(56)51(63)68-44(34(4)26-38-20-22-40(45(27-38)66-9)57-54-30-53-55-57)29-42(58)33(3)25-36(6)47(60)48(67-10)46(59)35(5)24-31/h11-13,16-17,25,30-31,33-35,37-41,43-45,47-48,60,64H,14-15,18-24,26-29H2,1-10H3/b13-11+,16-12+,32-17+,36-25+/t31-,33-,34-,35+,37-,38+,39+,40+,41+,43+,44+,45?,47-,48+,52?/m1/s1. The minimum Gasteiger partial charge on any atom is -0.460 e. The molecule has 2 N–H and O–H groups in total. The van der Waals surface area contributed by atoms with Crippen molar-refractivity contribution < 1.29 is 57.9 Å². The quantitative estimate of drug-likeness (QED) is 0.181. The van der Waals surface area contributed by atoms with Gasteiger partial charge >= 0.3 is 5.97 Å². The number of fused-ring (bicyclic) bond motifs is 3. The molecule has 1 aromatic rings. The molecule has 1 saturated carbocycles. The van der Waals surface area contributed by atoms with Gasteiger partial charge in [-0.25, -0.2) is 4.79 Å². The van der Waals surface area contributed by atoms with Crippen LogP contribution in [0.1, 0.15) is 132 Å². The number of esters is 1. The smallest absolute Gasteiger partial charge is 0.329 e. The van der Waals surface area contributed by atoms with Gasteiger partial charge in [-0.2, -0.15) is 4.80 Å². The van der Waals surface area contributed by atoms with E-state index in [1.807, 2.05) is 58.1 Å². The third-order valence-corrected chi connectivity index (χ3v) is 15.1. The molecule has 0 spiro atoms. The summed E-state index contributed by atoms with van der Waals surface area (Å²) in [5, 5.41) is 35.7. The van der Waals surface area contributed by atoms with Gasteiger partial charge in [-0.3, -0.25) is 19.2 Å². The molecule has 69 heavy (non-hydrogen) atoms. The third kappa shape index (κ3) is 14.2. The second-order valence-electron chi connectivity index (χ2n) is 20.3. The Labute approximate surface area is 408 Å². The Bertz CT molecular complexity index is 2020. The maximum absolute atomic E-state index is 14.5. The molecule has 0 aromatic carbocycles. The van der Waals surface area contributed by atoms with E-state index >= 15 is 0 Å². The molecule has 4 heterocycles. The summed E-state index contributed by atoms with van der Waals surface area (Å²) in [6, 6.07) is -1.24. The van der Waals surface area contributed by atoms with Gasteiger partial charge in [0.1, 0.15) is 30.1 Å². The fourth-order valence-electron chi connectivity index (χ4n) is 10.7. The molecular formula is C52H79N5O12. The van der Waals surface area contributed by atoms with Gasteiger partial charge in [0.2, 0.25) is 5.79 Å². The molecule has 1 amide bonds. The molecule has 3 fully saturated rings. The van der Waals surface area contributed by atoms with Gasteiger partial charge in [0.15, 0.2) is 12.1 Å². The average molecular weight is 966 g/mol. The zero-order chi connectivity index (χ0) is 50.6. The number of hydrogen-bond acceptors (Lipinski definition) is 15. The average Bonchev–Trinajstić information content (AvgIpc) is 3.88. The molecule has 15 atom stereocenters. The minimum absolute atomic E-state index is 0.0168. The van der Waals surface area contributed by atoms with Crippen LogP contribution in [0.3, 0.4) is 0 Å². The SMILES string of the molecule is COC1C[C@H](C[C@@H](C)[C@@H]2CC(=O)[C@H](C)/C=C(\C)[C@@H](O)[C@@H](OC)C(=O)[C@@H](C)C[C@H](C)/C=C/C=C/C=C(\C)[C@@H](OC)C[C@@H]3CC[C@@H](C)C(O)(O3)C(=O)C(=O)N3CCCC[C@H]3C(=O)O2)CC[C@@H]1n1ncnn1. The fourth-order valence-corrected chi connectivity index (χ4v) is 10.7. The number of aliphatic hydroxyl groups excluding tert-OH is 1. The van der Waals surface area contributed by atoms with Crippen molar-refractivity contribution in [3.05, 3.63) is 53.9 Å². The van der Waals surface area contributed by atoms with Crippen molar-refractivity contribution in [3.8, 4) is 0 Å². The maximum Gasteiger partial charge on any atom is 0.329 e. The van der Waals surface area contributed by atoms with Crippen LogP contribution < -0.4 is 0 Å². The number of methoxy groups -OCH3 is 3. The summed E-state index contributed by atoms with van der Waals surface area (Å²) in [5.74, 6) is -7.94. The van der Waals surface area contributed by atoms with E-state index in [0.29, 0.717) is 56.9 Å². The molecule has 0 radical (unpaired) electrons. The molecular weight excluding hydrogens is 887 g/mol. The number of piperidine rings is 1. The van der Waals surface area contributed by atoms with Gasteiger partial charge in [0.25, 0.3) is 11.7 Å². The Morgan fingerprint density at radius 2 is 1.64 bits per heavy atom. The number of hydrogen-bond donors (Lipinski definition) is 2. The highest BCUT2D eigenvalue weighted by molar-refractivity contribution is 6.39. The van der Waals surface area contributed by atoms with E-state index in [0.717, 1.165) is 18.4 Å². The van der Waals surface area contributed by atoms with E-state index < -0.39 is 77.8 Å². The number of ether oxygens (including phenoxy) is 5. The van der Waals surface area contributed by atoms with Crippen molar-refractivity contribution in [3.63, 3.8) is 0 Å². The van der Waals surface area contributed by atoms with Crippen LogP contribution >= 0.6 is 0 Å². The van der Waals surface area contributed by atoms with E-state index in [1.54, 1.807) is 45.9 Å². The van der Waals surface area contributed by atoms with E-state index in [2.05, 4.69) is 15.4 Å². The van der Waals surface area contributed by atoms with Crippen LogP contribution in [0.5, 0.6) is 0 Å². The molecule has 384 valence electrons. The largest absolute Gasteiger partial charge is 0.460 e. The minimum atomic E-state index is -2.43. The number of ketones is 3. The molecule has 1 aliphatic carbocycles. The van der Waals surface area contributed by atoms with Crippen molar-refractivity contribution in [2.24, 2.45) is 35.5 Å². The summed E-state index contributed by atoms with van der Waals surface area (Å²) in [4.78, 5) is 73.9. The number of nitrogens with zero attached hydrogens (tertiary/aromatic N) is 5. The molecule has 2 unspecified atom stereocenters. The maximum atomic E-state index is 14.5.